The minimum absolute atomic E-state index is 0. The van der Waals surface area contributed by atoms with Gasteiger partial charge >= 0.3 is 0 Å². The largest absolute Gasteiger partial charge is 0.347 e. The molecule has 3 rings (SSSR count). The van der Waals surface area contributed by atoms with E-state index in [-0.39, 0.29) is 29.9 Å². The van der Waals surface area contributed by atoms with Crippen molar-refractivity contribution >= 4 is 18.3 Å². The van der Waals surface area contributed by atoms with Crippen LogP contribution in [0.3, 0.4) is 0 Å². The molecule has 1 heterocycles. The minimum Gasteiger partial charge on any atom is -0.347 e. The molecule has 2 aliphatic rings. The van der Waals surface area contributed by atoms with Crippen LogP contribution in [0.15, 0.2) is 6.07 Å². The maximum atomic E-state index is 12.9. The number of hydrogen-bond acceptors (Lipinski definition) is 3. The van der Waals surface area contributed by atoms with Gasteiger partial charge < -0.3 is 11.1 Å². The number of carbonyl (C=O) groups is 1. The van der Waals surface area contributed by atoms with Crippen molar-refractivity contribution in [3.63, 3.8) is 0 Å². The van der Waals surface area contributed by atoms with Crippen LogP contribution in [0.1, 0.15) is 88.8 Å². The summed E-state index contributed by atoms with van der Waals surface area (Å²) in [7, 11) is 0. The smallest absolute Gasteiger partial charge is 0.272 e. The topological polar surface area (TPSA) is 72.9 Å². The Morgan fingerprint density at radius 2 is 1.85 bits per heavy atom. The lowest BCUT2D eigenvalue weighted by molar-refractivity contribution is 0.0750. The van der Waals surface area contributed by atoms with Crippen LogP contribution in [-0.4, -0.2) is 27.8 Å². The van der Waals surface area contributed by atoms with Crippen LogP contribution in [0, 0.1) is 11.8 Å². The third-order valence-corrected chi connectivity index (χ3v) is 5.87. The number of halogens is 1. The zero-order chi connectivity index (χ0) is 18.4. The molecule has 2 atom stereocenters. The van der Waals surface area contributed by atoms with Crippen LogP contribution >= 0.6 is 12.4 Å². The Hall–Kier alpha value is -1.07. The molecule has 1 aromatic heterocycles. The highest BCUT2D eigenvalue weighted by molar-refractivity contribution is 5.92. The number of fused-ring (bicyclic) bond motifs is 2. The van der Waals surface area contributed by atoms with E-state index < -0.39 is 0 Å². The summed E-state index contributed by atoms with van der Waals surface area (Å²) in [6, 6.07) is 2.54. The van der Waals surface area contributed by atoms with E-state index in [0.29, 0.717) is 29.5 Å². The van der Waals surface area contributed by atoms with Gasteiger partial charge in [0.2, 0.25) is 0 Å². The highest BCUT2D eigenvalue weighted by atomic mass is 35.5. The number of amides is 1. The van der Waals surface area contributed by atoms with Crippen molar-refractivity contribution in [2.45, 2.75) is 90.3 Å². The number of nitrogens with one attached hydrogen (secondary N) is 1. The van der Waals surface area contributed by atoms with Crippen LogP contribution < -0.4 is 11.1 Å². The van der Waals surface area contributed by atoms with E-state index in [1.165, 1.54) is 19.3 Å². The van der Waals surface area contributed by atoms with E-state index in [9.17, 15) is 4.79 Å². The van der Waals surface area contributed by atoms with E-state index >= 15 is 0 Å². The molecule has 2 unspecified atom stereocenters. The number of rotatable bonds is 3. The predicted molar refractivity (Wildman–Crippen MR) is 108 cm³/mol. The summed E-state index contributed by atoms with van der Waals surface area (Å²) in [6.45, 7) is 10.7. The van der Waals surface area contributed by atoms with Crippen LogP contribution in [0.4, 0.5) is 0 Å². The predicted octanol–water partition coefficient (Wildman–Crippen LogP) is 3.82. The molecule has 0 spiro atoms. The van der Waals surface area contributed by atoms with E-state index in [4.69, 9.17) is 5.73 Å². The summed E-state index contributed by atoms with van der Waals surface area (Å²) >= 11 is 0. The number of nitrogens with two attached hydrogens (primary N) is 1. The summed E-state index contributed by atoms with van der Waals surface area (Å²) in [6.07, 6.45) is 5.71. The van der Waals surface area contributed by atoms with Crippen molar-refractivity contribution in [3.05, 3.63) is 17.5 Å². The van der Waals surface area contributed by atoms with Gasteiger partial charge in [-0.15, -0.1) is 12.4 Å². The first-order valence-corrected chi connectivity index (χ1v) is 9.83. The number of nitrogens with zero attached hydrogens (tertiary/aromatic N) is 2. The van der Waals surface area contributed by atoms with Crippen molar-refractivity contribution < 1.29 is 4.79 Å². The molecule has 1 amide bonds. The normalized spacial score (nSPS) is 28.6. The molecule has 1 aromatic rings. The van der Waals surface area contributed by atoms with Crippen molar-refractivity contribution in [1.29, 1.82) is 0 Å². The number of hydrogen-bond donors (Lipinski definition) is 2. The molecule has 0 aliphatic heterocycles. The van der Waals surface area contributed by atoms with Gasteiger partial charge in [0.15, 0.2) is 0 Å². The van der Waals surface area contributed by atoms with Gasteiger partial charge in [0.05, 0.1) is 5.54 Å². The molecule has 2 fully saturated rings. The van der Waals surface area contributed by atoms with Crippen LogP contribution in [0.25, 0.3) is 0 Å². The SMILES string of the molecule is CC(C)c1cc(C(=O)NC2C3CCCC2CC(N)C3)nn1C(C)(C)C.Cl. The Morgan fingerprint density at radius 1 is 1.27 bits per heavy atom. The fourth-order valence-corrected chi connectivity index (χ4v) is 4.71. The minimum atomic E-state index is -0.133. The first kappa shape index (κ1) is 21.2. The lowest BCUT2D eigenvalue weighted by atomic mass is 9.67. The van der Waals surface area contributed by atoms with Gasteiger partial charge in [-0.2, -0.15) is 5.10 Å². The second kappa shape index (κ2) is 7.89. The molecule has 5 nitrogen and oxygen atoms in total. The van der Waals surface area contributed by atoms with Gasteiger partial charge in [-0.05, 0) is 70.3 Å². The Bertz CT molecular complexity index is 620. The Labute approximate surface area is 163 Å². The second-order valence-corrected chi connectivity index (χ2v) is 9.37. The molecule has 26 heavy (non-hydrogen) atoms. The number of carbonyl (C=O) groups excluding carboxylic acids is 1. The Morgan fingerprint density at radius 3 is 2.31 bits per heavy atom. The van der Waals surface area contributed by atoms with Gasteiger partial charge in [-0.3, -0.25) is 9.48 Å². The highest BCUT2D eigenvalue weighted by Crippen LogP contribution is 2.39. The lowest BCUT2D eigenvalue weighted by Gasteiger charge is -2.45. The molecular weight excluding hydrogens is 348 g/mol. The summed E-state index contributed by atoms with van der Waals surface area (Å²) in [5.74, 6) is 1.36. The quantitative estimate of drug-likeness (QED) is 0.834. The van der Waals surface area contributed by atoms with Crippen LogP contribution in [-0.2, 0) is 5.54 Å². The molecular formula is C20H35ClN4O. The van der Waals surface area contributed by atoms with Crippen molar-refractivity contribution in [3.8, 4) is 0 Å². The van der Waals surface area contributed by atoms with Gasteiger partial charge in [0.25, 0.3) is 5.91 Å². The molecule has 148 valence electrons. The van der Waals surface area contributed by atoms with Crippen molar-refractivity contribution in [1.82, 2.24) is 15.1 Å². The molecule has 6 heteroatoms. The fourth-order valence-electron chi connectivity index (χ4n) is 4.71. The van der Waals surface area contributed by atoms with Crippen molar-refractivity contribution in [2.24, 2.45) is 17.6 Å². The molecule has 0 saturated heterocycles. The lowest BCUT2D eigenvalue weighted by Crippen LogP contribution is -2.53. The molecule has 2 saturated carbocycles. The summed E-state index contributed by atoms with van der Waals surface area (Å²) < 4.78 is 2.00. The molecule has 2 aliphatic carbocycles. The zero-order valence-electron chi connectivity index (χ0n) is 16.8. The Balaban J connectivity index is 0.00000243. The third kappa shape index (κ3) is 4.25. The first-order valence-electron chi connectivity index (χ1n) is 9.83. The van der Waals surface area contributed by atoms with E-state index in [0.717, 1.165) is 18.5 Å². The van der Waals surface area contributed by atoms with Crippen LogP contribution in [0.2, 0.25) is 0 Å². The van der Waals surface area contributed by atoms with Crippen LogP contribution in [0.5, 0.6) is 0 Å². The average molecular weight is 383 g/mol. The first-order chi connectivity index (χ1) is 11.7. The van der Waals surface area contributed by atoms with Gasteiger partial charge in [0, 0.05) is 17.8 Å². The number of aromatic nitrogens is 2. The molecule has 0 aromatic carbocycles. The summed E-state index contributed by atoms with van der Waals surface area (Å²) in [5, 5.41) is 7.98. The van der Waals surface area contributed by atoms with Gasteiger partial charge in [-0.25, -0.2) is 0 Å². The maximum Gasteiger partial charge on any atom is 0.272 e. The third-order valence-electron chi connectivity index (χ3n) is 5.87. The zero-order valence-corrected chi connectivity index (χ0v) is 17.6. The Kier molecular flexibility index (Phi) is 6.44. The molecule has 2 bridgehead atoms. The summed E-state index contributed by atoms with van der Waals surface area (Å²) in [5.41, 5.74) is 7.73. The molecule has 0 radical (unpaired) electrons. The molecule has 3 N–H and O–H groups in total. The standard InChI is InChI=1S/C20H34N4O.ClH/c1-12(2)17-11-16(23-24(17)20(3,4)5)19(25)22-18-13-7-6-8-14(18)10-15(21)9-13;/h11-15,18H,6-10,21H2,1-5H3,(H,22,25);1H. The fraction of sp³-hybridized carbons (Fsp3) is 0.800. The van der Waals surface area contributed by atoms with Gasteiger partial charge in [0.1, 0.15) is 5.69 Å². The second-order valence-electron chi connectivity index (χ2n) is 9.37. The van der Waals surface area contributed by atoms with Gasteiger partial charge in [-0.1, -0.05) is 20.3 Å². The monoisotopic (exact) mass is 382 g/mol. The summed E-state index contributed by atoms with van der Waals surface area (Å²) in [4.78, 5) is 12.9. The maximum absolute atomic E-state index is 12.9. The van der Waals surface area contributed by atoms with Crippen molar-refractivity contribution in [2.75, 3.05) is 0 Å². The highest BCUT2D eigenvalue weighted by Gasteiger charge is 2.40. The van der Waals surface area contributed by atoms with E-state index in [1.54, 1.807) is 0 Å². The average Bonchev–Trinajstić information content (AvgIpc) is 2.94. The van der Waals surface area contributed by atoms with E-state index in [2.05, 4.69) is 45.0 Å². The van der Waals surface area contributed by atoms with E-state index in [1.807, 2.05) is 10.7 Å².